The molecule has 7 heteroatoms. The van der Waals surface area contributed by atoms with Gasteiger partial charge in [-0.05, 0) is 18.2 Å². The van der Waals surface area contributed by atoms with Crippen LogP contribution in [0.1, 0.15) is 0 Å². The van der Waals surface area contributed by atoms with E-state index in [0.29, 0.717) is 0 Å². The summed E-state index contributed by atoms with van der Waals surface area (Å²) in [5.41, 5.74) is -0.224. The molecule has 0 aliphatic rings. The highest BCUT2D eigenvalue weighted by molar-refractivity contribution is 5.91. The smallest absolute Gasteiger partial charge is 0.387 e. The number of nitro benzene ring substituents is 1. The summed E-state index contributed by atoms with van der Waals surface area (Å²) in [6.45, 7) is -2.99. The number of ether oxygens (including phenoxy) is 1. The SMILES string of the molecule is O=[N+]([O-])c1ccc(OC(F)F)c2cccnc12. The number of fused-ring (bicyclic) bond motifs is 1. The van der Waals surface area contributed by atoms with Crippen molar-refractivity contribution in [3.8, 4) is 5.75 Å². The molecule has 0 saturated carbocycles. The van der Waals surface area contributed by atoms with Gasteiger partial charge in [-0.3, -0.25) is 10.1 Å². The Kier molecular flexibility index (Phi) is 2.82. The quantitative estimate of drug-likeness (QED) is 0.611. The molecule has 5 nitrogen and oxygen atoms in total. The second kappa shape index (κ2) is 4.28. The fourth-order valence-electron chi connectivity index (χ4n) is 1.48. The van der Waals surface area contributed by atoms with Gasteiger partial charge in [0.2, 0.25) is 0 Å². The van der Waals surface area contributed by atoms with Gasteiger partial charge in [-0.15, -0.1) is 0 Å². The van der Waals surface area contributed by atoms with Crippen LogP contribution in [0.3, 0.4) is 0 Å². The third-order valence-corrected chi connectivity index (χ3v) is 2.12. The number of hydrogen-bond donors (Lipinski definition) is 0. The average Bonchev–Trinajstić information content (AvgIpc) is 2.28. The third-order valence-electron chi connectivity index (χ3n) is 2.12. The van der Waals surface area contributed by atoms with Gasteiger partial charge in [-0.25, -0.2) is 4.98 Å². The zero-order chi connectivity index (χ0) is 12.4. The van der Waals surface area contributed by atoms with Crippen molar-refractivity contribution in [3.63, 3.8) is 0 Å². The van der Waals surface area contributed by atoms with Crippen molar-refractivity contribution in [2.75, 3.05) is 0 Å². The summed E-state index contributed by atoms with van der Waals surface area (Å²) in [6, 6.07) is 5.15. The standard InChI is InChI=1S/C10H6F2N2O3/c11-10(12)17-8-4-3-7(14(15)16)9-6(8)2-1-5-13-9/h1-5,10H. The molecule has 0 amide bonds. The van der Waals surface area contributed by atoms with E-state index in [1.165, 1.54) is 18.3 Å². The van der Waals surface area contributed by atoms with Gasteiger partial charge in [0.05, 0.1) is 4.92 Å². The summed E-state index contributed by atoms with van der Waals surface area (Å²) in [6.07, 6.45) is 1.35. The van der Waals surface area contributed by atoms with Crippen LogP contribution < -0.4 is 4.74 Å². The Bertz CT molecular complexity index is 574. The van der Waals surface area contributed by atoms with Crippen molar-refractivity contribution in [3.05, 3.63) is 40.6 Å². The molecular weight excluding hydrogens is 234 g/mol. The van der Waals surface area contributed by atoms with E-state index in [0.717, 1.165) is 12.1 Å². The molecule has 1 heterocycles. The largest absolute Gasteiger partial charge is 0.434 e. The third kappa shape index (κ3) is 2.12. The van der Waals surface area contributed by atoms with E-state index in [9.17, 15) is 18.9 Å². The van der Waals surface area contributed by atoms with Crippen LogP contribution in [0.25, 0.3) is 10.9 Å². The number of rotatable bonds is 3. The Hall–Kier alpha value is -2.31. The minimum absolute atomic E-state index is 0.0238. The maximum atomic E-state index is 12.1. The lowest BCUT2D eigenvalue weighted by Crippen LogP contribution is -2.03. The van der Waals surface area contributed by atoms with Crippen molar-refractivity contribution in [2.24, 2.45) is 0 Å². The lowest BCUT2D eigenvalue weighted by atomic mass is 10.2. The lowest BCUT2D eigenvalue weighted by Gasteiger charge is -2.07. The molecule has 0 radical (unpaired) electrons. The molecule has 1 aromatic carbocycles. The summed E-state index contributed by atoms with van der Waals surface area (Å²) in [5.74, 6) is -0.131. The second-order valence-corrected chi connectivity index (χ2v) is 3.12. The van der Waals surface area contributed by atoms with Gasteiger partial charge in [-0.1, -0.05) is 0 Å². The van der Waals surface area contributed by atoms with Gasteiger partial charge in [0, 0.05) is 17.6 Å². The fourth-order valence-corrected chi connectivity index (χ4v) is 1.48. The highest BCUT2D eigenvalue weighted by Gasteiger charge is 2.17. The number of alkyl halides is 2. The predicted octanol–water partition coefficient (Wildman–Crippen LogP) is 2.74. The predicted molar refractivity (Wildman–Crippen MR) is 55.0 cm³/mol. The molecule has 1 aromatic heterocycles. The summed E-state index contributed by atoms with van der Waals surface area (Å²) in [5, 5.41) is 10.9. The molecule has 0 fully saturated rings. The van der Waals surface area contributed by atoms with E-state index in [-0.39, 0.29) is 22.3 Å². The highest BCUT2D eigenvalue weighted by Crippen LogP contribution is 2.31. The first kappa shape index (κ1) is 11.2. The van der Waals surface area contributed by atoms with Gasteiger partial charge in [0.25, 0.3) is 5.69 Å². The van der Waals surface area contributed by atoms with Crippen LogP contribution in [0.4, 0.5) is 14.5 Å². The molecule has 0 N–H and O–H groups in total. The Morgan fingerprint density at radius 3 is 2.76 bits per heavy atom. The zero-order valence-electron chi connectivity index (χ0n) is 8.34. The van der Waals surface area contributed by atoms with E-state index in [2.05, 4.69) is 9.72 Å². The first-order chi connectivity index (χ1) is 8.09. The van der Waals surface area contributed by atoms with Crippen LogP contribution >= 0.6 is 0 Å². The minimum Gasteiger partial charge on any atom is -0.434 e. The topological polar surface area (TPSA) is 65.3 Å². The number of nitrogens with zero attached hydrogens (tertiary/aromatic N) is 2. The normalized spacial score (nSPS) is 10.8. The number of hydrogen-bond acceptors (Lipinski definition) is 4. The minimum atomic E-state index is -2.99. The van der Waals surface area contributed by atoms with E-state index in [4.69, 9.17) is 0 Å². The van der Waals surface area contributed by atoms with Gasteiger partial charge in [0.1, 0.15) is 5.75 Å². The van der Waals surface area contributed by atoms with Crippen molar-refractivity contribution in [1.82, 2.24) is 4.98 Å². The number of non-ortho nitro benzene ring substituents is 1. The molecule has 88 valence electrons. The van der Waals surface area contributed by atoms with Crippen molar-refractivity contribution in [1.29, 1.82) is 0 Å². The molecule has 0 aliphatic carbocycles. The first-order valence-corrected chi connectivity index (χ1v) is 4.56. The van der Waals surface area contributed by atoms with Crippen molar-refractivity contribution >= 4 is 16.6 Å². The van der Waals surface area contributed by atoms with E-state index in [1.54, 1.807) is 0 Å². The number of aromatic nitrogens is 1. The number of nitro groups is 1. The van der Waals surface area contributed by atoms with Gasteiger partial charge >= 0.3 is 6.61 Å². The van der Waals surface area contributed by atoms with Crippen molar-refractivity contribution < 1.29 is 18.4 Å². The molecule has 2 aromatic rings. The summed E-state index contributed by atoms with van der Waals surface area (Å²) in [7, 11) is 0. The molecule has 2 rings (SSSR count). The number of benzene rings is 1. The summed E-state index contributed by atoms with van der Waals surface area (Å²) >= 11 is 0. The first-order valence-electron chi connectivity index (χ1n) is 4.56. The fraction of sp³-hybridized carbons (Fsp3) is 0.100. The van der Waals surface area contributed by atoms with Crippen molar-refractivity contribution in [2.45, 2.75) is 6.61 Å². The molecule has 17 heavy (non-hydrogen) atoms. The lowest BCUT2D eigenvalue weighted by molar-refractivity contribution is -0.383. The van der Waals surface area contributed by atoms with Crippen LogP contribution in [0.15, 0.2) is 30.5 Å². The molecule has 0 bridgehead atoms. The molecule has 0 unspecified atom stereocenters. The van der Waals surface area contributed by atoms with E-state index >= 15 is 0 Å². The average molecular weight is 240 g/mol. The van der Waals surface area contributed by atoms with Gasteiger partial charge in [-0.2, -0.15) is 8.78 Å². The molecular formula is C10H6F2N2O3. The van der Waals surface area contributed by atoms with Gasteiger partial charge in [0.15, 0.2) is 5.52 Å². The summed E-state index contributed by atoms with van der Waals surface area (Å²) < 4.78 is 28.5. The number of pyridine rings is 1. The summed E-state index contributed by atoms with van der Waals surface area (Å²) in [4.78, 5) is 13.9. The van der Waals surface area contributed by atoms with E-state index < -0.39 is 11.5 Å². The maximum absolute atomic E-state index is 12.1. The highest BCUT2D eigenvalue weighted by atomic mass is 19.3. The Morgan fingerprint density at radius 2 is 2.12 bits per heavy atom. The number of halogens is 2. The van der Waals surface area contributed by atoms with Crippen LogP contribution in [0.2, 0.25) is 0 Å². The molecule has 0 aliphatic heterocycles. The van der Waals surface area contributed by atoms with Crippen LogP contribution in [0.5, 0.6) is 5.75 Å². The molecule has 0 atom stereocenters. The van der Waals surface area contributed by atoms with Crippen LogP contribution in [-0.4, -0.2) is 16.5 Å². The zero-order valence-corrected chi connectivity index (χ0v) is 8.34. The van der Waals surface area contributed by atoms with Crippen LogP contribution in [-0.2, 0) is 0 Å². The Balaban J connectivity index is 2.66. The second-order valence-electron chi connectivity index (χ2n) is 3.12. The molecule has 0 spiro atoms. The van der Waals surface area contributed by atoms with Crippen LogP contribution in [0, 0.1) is 10.1 Å². The Morgan fingerprint density at radius 1 is 1.35 bits per heavy atom. The van der Waals surface area contributed by atoms with Gasteiger partial charge < -0.3 is 4.74 Å². The van der Waals surface area contributed by atoms with E-state index in [1.807, 2.05) is 0 Å². The Labute approximate surface area is 93.8 Å². The monoisotopic (exact) mass is 240 g/mol. The maximum Gasteiger partial charge on any atom is 0.387 e. The molecule has 0 saturated heterocycles.